The van der Waals surface area contributed by atoms with E-state index < -0.39 is 24.5 Å². The predicted octanol–water partition coefficient (Wildman–Crippen LogP) is -1.03. The van der Waals surface area contributed by atoms with E-state index >= 15 is 0 Å². The van der Waals surface area contributed by atoms with Crippen LogP contribution in [0.2, 0.25) is 0 Å². The molecular weight excluding hydrogens is 190 g/mol. The Morgan fingerprint density at radius 1 is 1.50 bits per heavy atom. The van der Waals surface area contributed by atoms with Crippen molar-refractivity contribution >= 4 is 11.9 Å². The highest BCUT2D eigenvalue weighted by atomic mass is 16.5. The Morgan fingerprint density at radius 3 is 2.57 bits per heavy atom. The van der Waals surface area contributed by atoms with Gasteiger partial charge in [0.25, 0.3) is 0 Å². The molecule has 0 aromatic rings. The van der Waals surface area contributed by atoms with Gasteiger partial charge in [-0.2, -0.15) is 0 Å². The van der Waals surface area contributed by atoms with E-state index in [0.717, 1.165) is 0 Å². The quantitative estimate of drug-likeness (QED) is 0.462. The molecule has 6 heteroatoms. The summed E-state index contributed by atoms with van der Waals surface area (Å²) in [7, 11) is 0. The summed E-state index contributed by atoms with van der Waals surface area (Å²) in [5, 5.41) is 19.2. The van der Waals surface area contributed by atoms with Crippen LogP contribution in [0.5, 0.6) is 0 Å². The van der Waals surface area contributed by atoms with E-state index in [0.29, 0.717) is 6.61 Å². The Bertz CT molecular complexity index is 194. The van der Waals surface area contributed by atoms with E-state index in [1.54, 1.807) is 6.92 Å². The molecule has 0 radical (unpaired) electrons. The molecule has 6 nitrogen and oxygen atoms in total. The first kappa shape index (κ1) is 12.9. The first-order valence-electron chi connectivity index (χ1n) is 4.32. The van der Waals surface area contributed by atoms with E-state index in [1.165, 1.54) is 0 Å². The normalized spacial score (nSPS) is 12.1. The van der Waals surface area contributed by atoms with Gasteiger partial charge in [-0.15, -0.1) is 0 Å². The lowest BCUT2D eigenvalue weighted by Crippen LogP contribution is -2.43. The van der Waals surface area contributed by atoms with Crippen molar-refractivity contribution in [2.75, 3.05) is 19.8 Å². The van der Waals surface area contributed by atoms with E-state index in [-0.39, 0.29) is 13.0 Å². The molecule has 82 valence electrons. The lowest BCUT2D eigenvalue weighted by molar-refractivity contribution is -0.143. The highest BCUT2D eigenvalue weighted by molar-refractivity contribution is 5.83. The smallest absolute Gasteiger partial charge is 0.328 e. The summed E-state index contributed by atoms with van der Waals surface area (Å²) in [6, 6.07) is -1.23. The fraction of sp³-hybridized carbons (Fsp3) is 0.750. The first-order chi connectivity index (χ1) is 6.61. The Morgan fingerprint density at radius 2 is 2.14 bits per heavy atom. The van der Waals surface area contributed by atoms with E-state index in [4.69, 9.17) is 14.9 Å². The number of aliphatic hydroxyl groups is 1. The van der Waals surface area contributed by atoms with Crippen molar-refractivity contribution in [1.29, 1.82) is 0 Å². The predicted molar refractivity (Wildman–Crippen MR) is 47.8 cm³/mol. The zero-order valence-corrected chi connectivity index (χ0v) is 8.02. The number of rotatable bonds is 7. The average Bonchev–Trinajstić information content (AvgIpc) is 2.14. The van der Waals surface area contributed by atoms with Crippen LogP contribution in [0.15, 0.2) is 0 Å². The number of aliphatic carboxylic acids is 1. The molecule has 0 aliphatic carbocycles. The summed E-state index contributed by atoms with van der Waals surface area (Å²) in [5.41, 5.74) is 0. The number of ether oxygens (including phenoxy) is 1. The van der Waals surface area contributed by atoms with Gasteiger partial charge in [-0.1, -0.05) is 0 Å². The summed E-state index contributed by atoms with van der Waals surface area (Å²) in [6.45, 7) is 1.94. The van der Waals surface area contributed by atoms with Gasteiger partial charge in [0.15, 0.2) is 0 Å². The molecule has 0 aliphatic rings. The van der Waals surface area contributed by atoms with Gasteiger partial charge in [-0.05, 0) is 6.92 Å². The van der Waals surface area contributed by atoms with Crippen LogP contribution in [-0.4, -0.2) is 48.0 Å². The molecule has 0 aliphatic heterocycles. The Kier molecular flexibility index (Phi) is 6.69. The number of aliphatic hydroxyl groups excluding tert-OH is 1. The largest absolute Gasteiger partial charge is 0.480 e. The minimum Gasteiger partial charge on any atom is -0.480 e. The average molecular weight is 205 g/mol. The number of hydrogen-bond acceptors (Lipinski definition) is 4. The molecule has 0 bridgehead atoms. The van der Waals surface area contributed by atoms with Crippen molar-refractivity contribution in [1.82, 2.24) is 5.32 Å². The summed E-state index contributed by atoms with van der Waals surface area (Å²) in [4.78, 5) is 21.4. The summed E-state index contributed by atoms with van der Waals surface area (Å²) in [5.74, 6) is -1.70. The monoisotopic (exact) mass is 205 g/mol. The SMILES string of the molecule is CCOCCC(=O)N[C@H](CO)C(=O)O. The van der Waals surface area contributed by atoms with Crippen LogP contribution in [0, 0.1) is 0 Å². The highest BCUT2D eigenvalue weighted by Gasteiger charge is 2.17. The number of carboxylic acid groups (broad SMARTS) is 1. The molecule has 1 atom stereocenters. The van der Waals surface area contributed by atoms with Gasteiger partial charge in [-0.25, -0.2) is 4.79 Å². The van der Waals surface area contributed by atoms with Gasteiger partial charge in [0.1, 0.15) is 6.04 Å². The molecule has 0 saturated heterocycles. The van der Waals surface area contributed by atoms with Gasteiger partial charge in [0.05, 0.1) is 13.2 Å². The van der Waals surface area contributed by atoms with E-state index in [9.17, 15) is 9.59 Å². The molecule has 14 heavy (non-hydrogen) atoms. The summed E-state index contributed by atoms with van der Waals surface area (Å²) < 4.78 is 4.91. The molecule has 0 saturated carbocycles. The second kappa shape index (κ2) is 7.28. The van der Waals surface area contributed by atoms with Gasteiger partial charge in [0, 0.05) is 13.0 Å². The third kappa shape index (κ3) is 5.50. The number of carboxylic acids is 1. The standard InChI is InChI=1S/C8H15NO5/c1-2-14-4-3-7(11)9-6(5-10)8(12)13/h6,10H,2-5H2,1H3,(H,9,11)(H,12,13)/t6-/m1/s1. The Hall–Kier alpha value is -1.14. The molecule has 0 rings (SSSR count). The lowest BCUT2D eigenvalue weighted by Gasteiger charge is -2.11. The van der Waals surface area contributed by atoms with Crippen LogP contribution in [0.25, 0.3) is 0 Å². The van der Waals surface area contributed by atoms with Crippen molar-refractivity contribution in [2.45, 2.75) is 19.4 Å². The van der Waals surface area contributed by atoms with Crippen molar-refractivity contribution in [2.24, 2.45) is 0 Å². The number of hydrogen-bond donors (Lipinski definition) is 3. The fourth-order valence-corrected chi connectivity index (χ4v) is 0.761. The number of carbonyl (C=O) groups is 2. The van der Waals surface area contributed by atoms with Crippen LogP contribution in [0.3, 0.4) is 0 Å². The highest BCUT2D eigenvalue weighted by Crippen LogP contribution is 1.87. The van der Waals surface area contributed by atoms with Crippen LogP contribution in [0.4, 0.5) is 0 Å². The van der Waals surface area contributed by atoms with Crippen LogP contribution >= 0.6 is 0 Å². The van der Waals surface area contributed by atoms with Crippen LogP contribution in [0.1, 0.15) is 13.3 Å². The maximum absolute atomic E-state index is 11.0. The molecule has 0 spiro atoms. The van der Waals surface area contributed by atoms with E-state index in [1.807, 2.05) is 0 Å². The molecule has 0 fully saturated rings. The topological polar surface area (TPSA) is 95.9 Å². The van der Waals surface area contributed by atoms with Crippen molar-refractivity contribution < 1.29 is 24.5 Å². The first-order valence-corrected chi connectivity index (χ1v) is 4.32. The zero-order chi connectivity index (χ0) is 11.0. The number of carbonyl (C=O) groups excluding carboxylic acids is 1. The third-order valence-electron chi connectivity index (χ3n) is 1.49. The minimum atomic E-state index is -1.25. The lowest BCUT2D eigenvalue weighted by atomic mass is 10.3. The van der Waals surface area contributed by atoms with Crippen molar-refractivity contribution in [3.8, 4) is 0 Å². The van der Waals surface area contributed by atoms with Crippen LogP contribution < -0.4 is 5.32 Å². The fourth-order valence-electron chi connectivity index (χ4n) is 0.761. The molecule has 0 aromatic carbocycles. The molecule has 3 N–H and O–H groups in total. The van der Waals surface area contributed by atoms with E-state index in [2.05, 4.69) is 5.32 Å². The molecular formula is C8H15NO5. The molecule has 0 aromatic heterocycles. The van der Waals surface area contributed by atoms with Gasteiger partial charge >= 0.3 is 5.97 Å². The van der Waals surface area contributed by atoms with Gasteiger partial charge in [0.2, 0.25) is 5.91 Å². The summed E-state index contributed by atoms with van der Waals surface area (Å²) >= 11 is 0. The summed E-state index contributed by atoms with van der Waals surface area (Å²) in [6.07, 6.45) is 0.0949. The van der Waals surface area contributed by atoms with Gasteiger partial charge < -0.3 is 20.3 Å². The minimum absolute atomic E-state index is 0.0949. The molecule has 0 unspecified atom stereocenters. The molecule has 1 amide bonds. The second-order valence-corrected chi connectivity index (χ2v) is 2.59. The maximum Gasteiger partial charge on any atom is 0.328 e. The van der Waals surface area contributed by atoms with Crippen LogP contribution in [-0.2, 0) is 14.3 Å². The Labute approximate surface area is 81.9 Å². The molecule has 0 heterocycles. The Balaban J connectivity index is 3.74. The second-order valence-electron chi connectivity index (χ2n) is 2.59. The van der Waals surface area contributed by atoms with Gasteiger partial charge in [-0.3, -0.25) is 4.79 Å². The number of amides is 1. The van der Waals surface area contributed by atoms with Crippen molar-refractivity contribution in [3.63, 3.8) is 0 Å². The number of nitrogens with one attached hydrogen (secondary N) is 1. The van der Waals surface area contributed by atoms with Crippen molar-refractivity contribution in [3.05, 3.63) is 0 Å². The third-order valence-corrected chi connectivity index (χ3v) is 1.49. The zero-order valence-electron chi connectivity index (χ0n) is 8.02. The maximum atomic E-state index is 11.0.